The molecule has 0 aromatic rings. The standard InChI is InChI=1S/C19H36N4O2/c1-3-20-19(23(2)13-8-16-9-14-25-15-10-16)22-12-5-11-21-18(24)17-6-4-7-17/h16-17H,3-15H2,1-2H3,(H,20,22)(H,21,24). The van der Waals surface area contributed by atoms with Gasteiger partial charge in [0.15, 0.2) is 5.96 Å². The van der Waals surface area contributed by atoms with Crippen LogP contribution in [0.4, 0.5) is 0 Å². The van der Waals surface area contributed by atoms with Crippen LogP contribution in [0, 0.1) is 11.8 Å². The molecular formula is C19H36N4O2. The quantitative estimate of drug-likeness (QED) is 0.378. The fourth-order valence-electron chi connectivity index (χ4n) is 3.28. The lowest BCUT2D eigenvalue weighted by Gasteiger charge is -2.27. The van der Waals surface area contributed by atoms with E-state index in [2.05, 4.69) is 29.5 Å². The fourth-order valence-corrected chi connectivity index (χ4v) is 3.28. The molecule has 2 aliphatic rings. The van der Waals surface area contributed by atoms with E-state index < -0.39 is 0 Å². The maximum atomic E-state index is 11.8. The van der Waals surface area contributed by atoms with E-state index >= 15 is 0 Å². The molecule has 0 aromatic heterocycles. The van der Waals surface area contributed by atoms with Gasteiger partial charge in [0.25, 0.3) is 0 Å². The molecule has 0 spiro atoms. The summed E-state index contributed by atoms with van der Waals surface area (Å²) in [6, 6.07) is 0. The van der Waals surface area contributed by atoms with Gasteiger partial charge in [-0.15, -0.1) is 0 Å². The first kappa shape index (κ1) is 20.0. The number of rotatable bonds is 9. The number of carbonyl (C=O) groups is 1. The van der Waals surface area contributed by atoms with Crippen LogP contribution in [0.25, 0.3) is 0 Å². The molecule has 0 unspecified atom stereocenters. The Morgan fingerprint density at radius 3 is 2.60 bits per heavy atom. The fraction of sp³-hybridized carbons (Fsp3) is 0.895. The van der Waals surface area contributed by atoms with Crippen molar-refractivity contribution in [2.24, 2.45) is 16.8 Å². The zero-order chi connectivity index (χ0) is 17.9. The summed E-state index contributed by atoms with van der Waals surface area (Å²) < 4.78 is 5.43. The van der Waals surface area contributed by atoms with Crippen molar-refractivity contribution in [3.05, 3.63) is 0 Å². The molecule has 6 heteroatoms. The molecule has 1 saturated carbocycles. The lowest BCUT2D eigenvalue weighted by molar-refractivity contribution is -0.127. The molecule has 1 aliphatic heterocycles. The molecule has 25 heavy (non-hydrogen) atoms. The Balaban J connectivity index is 1.64. The first-order chi connectivity index (χ1) is 12.2. The predicted molar refractivity (Wildman–Crippen MR) is 102 cm³/mol. The molecule has 1 heterocycles. The summed E-state index contributed by atoms with van der Waals surface area (Å²) in [5, 5.41) is 6.40. The van der Waals surface area contributed by atoms with Crippen LogP contribution in [0.15, 0.2) is 4.99 Å². The second-order valence-electron chi connectivity index (χ2n) is 7.27. The molecule has 0 aromatic carbocycles. The van der Waals surface area contributed by atoms with Gasteiger partial charge < -0.3 is 20.3 Å². The lowest BCUT2D eigenvalue weighted by Crippen LogP contribution is -2.40. The minimum absolute atomic E-state index is 0.232. The number of nitrogens with zero attached hydrogens (tertiary/aromatic N) is 2. The molecule has 2 N–H and O–H groups in total. The van der Waals surface area contributed by atoms with Crippen LogP contribution in [0.2, 0.25) is 0 Å². The van der Waals surface area contributed by atoms with Crippen LogP contribution in [0.3, 0.4) is 0 Å². The SMILES string of the molecule is CCNC(=NCCCNC(=O)C1CCC1)N(C)CCC1CCOCC1. The highest BCUT2D eigenvalue weighted by molar-refractivity contribution is 5.80. The van der Waals surface area contributed by atoms with Crippen LogP contribution in [-0.4, -0.2) is 63.2 Å². The number of hydrogen-bond acceptors (Lipinski definition) is 3. The minimum atomic E-state index is 0.232. The van der Waals surface area contributed by atoms with Gasteiger partial charge in [-0.1, -0.05) is 6.42 Å². The molecule has 6 nitrogen and oxygen atoms in total. The van der Waals surface area contributed by atoms with E-state index in [9.17, 15) is 4.79 Å². The second-order valence-corrected chi connectivity index (χ2v) is 7.27. The Hall–Kier alpha value is -1.30. The zero-order valence-corrected chi connectivity index (χ0v) is 16.1. The highest BCUT2D eigenvalue weighted by Gasteiger charge is 2.24. The summed E-state index contributed by atoms with van der Waals surface area (Å²) in [5.41, 5.74) is 0. The summed E-state index contributed by atoms with van der Waals surface area (Å²) >= 11 is 0. The smallest absolute Gasteiger partial charge is 0.223 e. The average molecular weight is 353 g/mol. The van der Waals surface area contributed by atoms with E-state index in [1.807, 2.05) is 0 Å². The van der Waals surface area contributed by atoms with E-state index in [1.54, 1.807) is 0 Å². The first-order valence-electron chi connectivity index (χ1n) is 10.1. The molecule has 0 bridgehead atoms. The van der Waals surface area contributed by atoms with Crippen molar-refractivity contribution in [3.8, 4) is 0 Å². The Morgan fingerprint density at radius 1 is 1.20 bits per heavy atom. The van der Waals surface area contributed by atoms with Crippen molar-refractivity contribution in [1.82, 2.24) is 15.5 Å². The van der Waals surface area contributed by atoms with Crippen molar-refractivity contribution >= 4 is 11.9 Å². The van der Waals surface area contributed by atoms with Gasteiger partial charge in [-0.3, -0.25) is 9.79 Å². The molecule has 0 atom stereocenters. The van der Waals surface area contributed by atoms with E-state index in [0.29, 0.717) is 0 Å². The summed E-state index contributed by atoms with van der Waals surface area (Å²) in [4.78, 5) is 18.7. The molecule has 0 radical (unpaired) electrons. The number of hydrogen-bond donors (Lipinski definition) is 2. The Bertz CT molecular complexity index is 418. The maximum absolute atomic E-state index is 11.8. The van der Waals surface area contributed by atoms with Gasteiger partial charge in [-0.2, -0.15) is 0 Å². The third-order valence-corrected chi connectivity index (χ3v) is 5.28. The van der Waals surface area contributed by atoms with Crippen molar-refractivity contribution in [2.45, 2.75) is 51.9 Å². The molecule has 1 saturated heterocycles. The largest absolute Gasteiger partial charge is 0.381 e. The third kappa shape index (κ3) is 7.22. The monoisotopic (exact) mass is 352 g/mol. The summed E-state index contributed by atoms with van der Waals surface area (Å²) in [6.45, 7) is 7.29. The van der Waals surface area contributed by atoms with E-state index in [-0.39, 0.29) is 11.8 Å². The van der Waals surface area contributed by atoms with Crippen molar-refractivity contribution in [1.29, 1.82) is 0 Å². The minimum Gasteiger partial charge on any atom is -0.381 e. The molecule has 1 amide bonds. The van der Waals surface area contributed by atoms with Gasteiger partial charge in [0.05, 0.1) is 0 Å². The van der Waals surface area contributed by atoms with Crippen LogP contribution < -0.4 is 10.6 Å². The Labute approximate surface area is 152 Å². The van der Waals surface area contributed by atoms with Crippen LogP contribution >= 0.6 is 0 Å². The van der Waals surface area contributed by atoms with Crippen molar-refractivity contribution < 1.29 is 9.53 Å². The van der Waals surface area contributed by atoms with Gasteiger partial charge >= 0.3 is 0 Å². The maximum Gasteiger partial charge on any atom is 0.223 e. The van der Waals surface area contributed by atoms with Gasteiger partial charge in [-0.25, -0.2) is 0 Å². The zero-order valence-electron chi connectivity index (χ0n) is 16.1. The molecule has 2 rings (SSSR count). The van der Waals surface area contributed by atoms with E-state index in [1.165, 1.54) is 25.7 Å². The second kappa shape index (κ2) is 11.3. The molecular weight excluding hydrogens is 316 g/mol. The average Bonchev–Trinajstić information content (AvgIpc) is 2.58. The van der Waals surface area contributed by atoms with Gasteiger partial charge in [0.1, 0.15) is 0 Å². The Kier molecular flexibility index (Phi) is 9.08. The highest BCUT2D eigenvalue weighted by atomic mass is 16.5. The summed E-state index contributed by atoms with van der Waals surface area (Å²) in [6.07, 6.45) is 7.78. The third-order valence-electron chi connectivity index (χ3n) is 5.28. The van der Waals surface area contributed by atoms with Gasteiger partial charge in [0, 0.05) is 52.4 Å². The molecule has 2 fully saturated rings. The predicted octanol–water partition coefficient (Wildman–Crippen LogP) is 2.01. The topological polar surface area (TPSA) is 66.0 Å². The summed E-state index contributed by atoms with van der Waals surface area (Å²) in [5.74, 6) is 2.26. The van der Waals surface area contributed by atoms with Crippen LogP contribution in [0.5, 0.6) is 0 Å². The van der Waals surface area contributed by atoms with Crippen molar-refractivity contribution in [3.63, 3.8) is 0 Å². The molecule has 144 valence electrons. The number of nitrogens with one attached hydrogen (secondary N) is 2. The summed E-state index contributed by atoms with van der Waals surface area (Å²) in [7, 11) is 2.11. The highest BCUT2D eigenvalue weighted by Crippen LogP contribution is 2.26. The normalized spacial score (nSPS) is 19.4. The first-order valence-corrected chi connectivity index (χ1v) is 10.1. The van der Waals surface area contributed by atoms with E-state index in [4.69, 9.17) is 9.73 Å². The number of ether oxygens (including phenoxy) is 1. The molecule has 1 aliphatic carbocycles. The van der Waals surface area contributed by atoms with Gasteiger partial charge in [0.2, 0.25) is 5.91 Å². The number of amides is 1. The lowest BCUT2D eigenvalue weighted by atomic mass is 9.85. The van der Waals surface area contributed by atoms with Crippen LogP contribution in [-0.2, 0) is 9.53 Å². The number of aliphatic imine (C=N–C) groups is 1. The number of guanidine groups is 1. The van der Waals surface area contributed by atoms with Gasteiger partial charge in [-0.05, 0) is 51.4 Å². The Morgan fingerprint density at radius 2 is 1.96 bits per heavy atom. The van der Waals surface area contributed by atoms with Crippen molar-refractivity contribution in [2.75, 3.05) is 46.4 Å². The number of carbonyl (C=O) groups excluding carboxylic acids is 1. The van der Waals surface area contributed by atoms with Crippen LogP contribution in [0.1, 0.15) is 51.9 Å². The van der Waals surface area contributed by atoms with E-state index in [0.717, 1.165) is 70.5 Å².